The predicted molar refractivity (Wildman–Crippen MR) is 99.1 cm³/mol. The number of ether oxygens (including phenoxy) is 1. The van der Waals surface area contributed by atoms with Gasteiger partial charge in [0, 0.05) is 33.4 Å². The van der Waals surface area contributed by atoms with Gasteiger partial charge in [-0.1, -0.05) is 40.5 Å². The number of guanidine groups is 1. The maximum absolute atomic E-state index is 5.54. The average molecular weight is 399 g/mol. The van der Waals surface area contributed by atoms with Crippen LogP contribution in [0.4, 0.5) is 0 Å². The molecule has 0 aliphatic rings. The highest BCUT2D eigenvalue weighted by Gasteiger charge is 2.04. The first-order valence-corrected chi connectivity index (χ1v) is 7.66. The van der Waals surface area contributed by atoms with Crippen molar-refractivity contribution in [2.24, 2.45) is 16.8 Å². The second-order valence-corrected chi connectivity index (χ2v) is 5.38. The van der Waals surface area contributed by atoms with Gasteiger partial charge in [-0.15, -0.1) is 24.0 Å². The SMILES string of the molecule is CCC(CC)CNC(=NC)NCCCOCC(C)C.I. The van der Waals surface area contributed by atoms with E-state index in [-0.39, 0.29) is 24.0 Å². The topological polar surface area (TPSA) is 45.7 Å². The molecule has 0 unspecified atom stereocenters. The van der Waals surface area contributed by atoms with Crippen LogP contribution < -0.4 is 10.6 Å². The molecule has 122 valence electrons. The van der Waals surface area contributed by atoms with Crippen LogP contribution in [0.25, 0.3) is 0 Å². The zero-order valence-corrected chi connectivity index (χ0v) is 16.2. The Kier molecular flexibility index (Phi) is 17.1. The molecule has 0 saturated carbocycles. The minimum Gasteiger partial charge on any atom is -0.381 e. The molecule has 0 heterocycles. The van der Waals surface area contributed by atoms with Crippen LogP contribution in [0.3, 0.4) is 0 Å². The summed E-state index contributed by atoms with van der Waals surface area (Å²) < 4.78 is 5.54. The number of nitrogens with zero attached hydrogens (tertiary/aromatic N) is 1. The maximum Gasteiger partial charge on any atom is 0.190 e. The minimum atomic E-state index is 0. The summed E-state index contributed by atoms with van der Waals surface area (Å²) in [5, 5.41) is 6.70. The average Bonchev–Trinajstić information content (AvgIpc) is 2.40. The van der Waals surface area contributed by atoms with Gasteiger partial charge in [-0.05, 0) is 18.3 Å². The summed E-state index contributed by atoms with van der Waals surface area (Å²) in [5.41, 5.74) is 0. The van der Waals surface area contributed by atoms with E-state index >= 15 is 0 Å². The molecule has 0 fully saturated rings. The molecule has 0 bridgehead atoms. The highest BCUT2D eigenvalue weighted by atomic mass is 127. The van der Waals surface area contributed by atoms with Gasteiger partial charge in [-0.2, -0.15) is 0 Å². The van der Waals surface area contributed by atoms with E-state index in [0.29, 0.717) is 5.92 Å². The van der Waals surface area contributed by atoms with Crippen LogP contribution in [0.2, 0.25) is 0 Å². The van der Waals surface area contributed by atoms with Gasteiger partial charge >= 0.3 is 0 Å². The summed E-state index contributed by atoms with van der Waals surface area (Å²) in [6.45, 7) is 12.4. The van der Waals surface area contributed by atoms with Crippen molar-refractivity contribution < 1.29 is 4.74 Å². The van der Waals surface area contributed by atoms with E-state index in [2.05, 4.69) is 43.3 Å². The van der Waals surface area contributed by atoms with E-state index < -0.39 is 0 Å². The van der Waals surface area contributed by atoms with Crippen molar-refractivity contribution >= 4 is 29.9 Å². The summed E-state index contributed by atoms with van der Waals surface area (Å²) in [5.74, 6) is 2.24. The van der Waals surface area contributed by atoms with Crippen LogP contribution in [0, 0.1) is 11.8 Å². The van der Waals surface area contributed by atoms with Crippen molar-refractivity contribution in [1.29, 1.82) is 0 Å². The van der Waals surface area contributed by atoms with Gasteiger partial charge in [0.1, 0.15) is 0 Å². The van der Waals surface area contributed by atoms with Crippen LogP contribution in [0.1, 0.15) is 47.0 Å². The molecule has 0 amide bonds. The van der Waals surface area contributed by atoms with E-state index in [1.165, 1.54) is 12.8 Å². The fourth-order valence-electron chi connectivity index (χ4n) is 1.74. The van der Waals surface area contributed by atoms with Crippen LogP contribution in [0.5, 0.6) is 0 Å². The Morgan fingerprint density at radius 2 is 1.80 bits per heavy atom. The van der Waals surface area contributed by atoms with Gasteiger partial charge in [0.05, 0.1) is 0 Å². The van der Waals surface area contributed by atoms with E-state index in [0.717, 1.165) is 44.6 Å². The largest absolute Gasteiger partial charge is 0.381 e. The number of aliphatic imine (C=N–C) groups is 1. The molecule has 0 aliphatic carbocycles. The molecule has 0 aromatic carbocycles. The molecule has 0 saturated heterocycles. The van der Waals surface area contributed by atoms with Crippen molar-refractivity contribution in [1.82, 2.24) is 10.6 Å². The molecule has 20 heavy (non-hydrogen) atoms. The van der Waals surface area contributed by atoms with E-state index in [4.69, 9.17) is 4.74 Å². The van der Waals surface area contributed by atoms with Crippen LogP contribution in [0.15, 0.2) is 4.99 Å². The van der Waals surface area contributed by atoms with E-state index in [1.54, 1.807) is 0 Å². The number of hydrogen-bond acceptors (Lipinski definition) is 2. The summed E-state index contributed by atoms with van der Waals surface area (Å²) in [6.07, 6.45) is 3.44. The molecule has 0 spiro atoms. The monoisotopic (exact) mass is 399 g/mol. The van der Waals surface area contributed by atoms with Gasteiger partial charge in [0.2, 0.25) is 0 Å². The molecule has 4 nitrogen and oxygen atoms in total. The molecule has 0 aliphatic heterocycles. The summed E-state index contributed by atoms with van der Waals surface area (Å²) in [4.78, 5) is 4.23. The van der Waals surface area contributed by atoms with Gasteiger partial charge < -0.3 is 15.4 Å². The zero-order valence-electron chi connectivity index (χ0n) is 13.9. The highest BCUT2D eigenvalue weighted by Crippen LogP contribution is 2.04. The van der Waals surface area contributed by atoms with Crippen LogP contribution in [-0.2, 0) is 4.74 Å². The summed E-state index contributed by atoms with van der Waals surface area (Å²) >= 11 is 0. The van der Waals surface area contributed by atoms with Crippen molar-refractivity contribution in [3.05, 3.63) is 0 Å². The predicted octanol–water partition coefficient (Wildman–Crippen LogP) is 3.27. The van der Waals surface area contributed by atoms with Crippen molar-refractivity contribution in [3.63, 3.8) is 0 Å². The second-order valence-electron chi connectivity index (χ2n) is 5.38. The van der Waals surface area contributed by atoms with Crippen molar-refractivity contribution in [2.45, 2.75) is 47.0 Å². The fourth-order valence-corrected chi connectivity index (χ4v) is 1.74. The van der Waals surface area contributed by atoms with Crippen molar-refractivity contribution in [2.75, 3.05) is 33.4 Å². The van der Waals surface area contributed by atoms with E-state index in [1.807, 2.05) is 7.05 Å². The quantitative estimate of drug-likeness (QED) is 0.257. The van der Waals surface area contributed by atoms with Crippen LogP contribution in [-0.4, -0.2) is 39.3 Å². The number of halogens is 1. The van der Waals surface area contributed by atoms with E-state index in [9.17, 15) is 0 Å². The Morgan fingerprint density at radius 1 is 1.15 bits per heavy atom. The first-order valence-electron chi connectivity index (χ1n) is 7.66. The lowest BCUT2D eigenvalue weighted by Gasteiger charge is -2.16. The molecular weight excluding hydrogens is 365 g/mol. The van der Waals surface area contributed by atoms with Crippen LogP contribution >= 0.6 is 24.0 Å². The molecule has 0 aromatic heterocycles. The molecule has 0 rings (SSSR count). The standard InChI is InChI=1S/C15H33N3O.HI/c1-6-14(7-2)11-18-15(16-5)17-9-8-10-19-12-13(3)4;/h13-14H,6-12H2,1-5H3,(H2,16,17,18);1H. The first kappa shape index (κ1) is 22.2. The Morgan fingerprint density at radius 3 is 2.30 bits per heavy atom. The summed E-state index contributed by atoms with van der Waals surface area (Å²) in [7, 11) is 1.82. The van der Waals surface area contributed by atoms with Gasteiger partial charge in [-0.25, -0.2) is 0 Å². The number of nitrogens with one attached hydrogen (secondary N) is 2. The lowest BCUT2D eigenvalue weighted by atomic mass is 10.0. The smallest absolute Gasteiger partial charge is 0.190 e. The Balaban J connectivity index is 0. The van der Waals surface area contributed by atoms with Crippen molar-refractivity contribution in [3.8, 4) is 0 Å². The molecule has 5 heteroatoms. The highest BCUT2D eigenvalue weighted by molar-refractivity contribution is 14.0. The second kappa shape index (κ2) is 15.4. The number of rotatable bonds is 10. The molecule has 0 aromatic rings. The first-order chi connectivity index (χ1) is 9.13. The molecular formula is C15H34IN3O. The molecule has 0 atom stereocenters. The minimum absolute atomic E-state index is 0. The Hall–Kier alpha value is -0.0400. The zero-order chi connectivity index (χ0) is 14.5. The van der Waals surface area contributed by atoms with Gasteiger partial charge in [0.25, 0.3) is 0 Å². The third-order valence-corrected chi connectivity index (χ3v) is 3.15. The molecule has 2 N–H and O–H groups in total. The molecule has 0 radical (unpaired) electrons. The Bertz CT molecular complexity index is 231. The maximum atomic E-state index is 5.54. The number of hydrogen-bond donors (Lipinski definition) is 2. The Labute approximate surface area is 142 Å². The third kappa shape index (κ3) is 13.0. The van der Waals surface area contributed by atoms with Gasteiger partial charge in [-0.3, -0.25) is 4.99 Å². The lowest BCUT2D eigenvalue weighted by molar-refractivity contribution is 0.108. The third-order valence-electron chi connectivity index (χ3n) is 3.15. The normalized spacial score (nSPS) is 11.7. The lowest BCUT2D eigenvalue weighted by Crippen LogP contribution is -2.40. The van der Waals surface area contributed by atoms with Gasteiger partial charge in [0.15, 0.2) is 5.96 Å². The fraction of sp³-hybridized carbons (Fsp3) is 0.933. The summed E-state index contributed by atoms with van der Waals surface area (Å²) in [6, 6.07) is 0.